The molecule has 1 saturated carbocycles. The quantitative estimate of drug-likeness (QED) is 0.847. The second-order valence-electron chi connectivity index (χ2n) is 6.81. The number of urea groups is 1. The lowest BCUT2D eigenvalue weighted by atomic mass is 10.2. The Bertz CT molecular complexity index is 729. The van der Waals surface area contributed by atoms with Gasteiger partial charge in [-0.2, -0.15) is 4.37 Å². The van der Waals surface area contributed by atoms with Crippen molar-refractivity contribution in [1.82, 2.24) is 24.6 Å². The summed E-state index contributed by atoms with van der Waals surface area (Å²) in [6, 6.07) is 0.0996. The minimum Gasteiger partial charge on any atom is -0.345 e. The van der Waals surface area contributed by atoms with E-state index < -0.39 is 0 Å². The third-order valence-electron chi connectivity index (χ3n) is 4.92. The fraction of sp³-hybridized carbons (Fsp3) is 0.647. The van der Waals surface area contributed by atoms with Gasteiger partial charge in [-0.3, -0.25) is 0 Å². The molecule has 0 radical (unpaired) electrons. The highest BCUT2D eigenvalue weighted by molar-refractivity contribution is 7.09. The second kappa shape index (κ2) is 7.87. The summed E-state index contributed by atoms with van der Waals surface area (Å²) in [5, 5.41) is 7.22. The summed E-state index contributed by atoms with van der Waals surface area (Å²) in [4.78, 5) is 26.0. The van der Waals surface area contributed by atoms with Crippen LogP contribution in [0.1, 0.15) is 43.1 Å². The highest BCUT2D eigenvalue weighted by Gasteiger charge is 2.36. The number of amides is 2. The smallest absolute Gasteiger partial charge is 0.318 e. The molecule has 1 atom stereocenters. The molecule has 1 N–H and O–H groups in total. The number of hydrogen-bond acceptors (Lipinski definition) is 7. The van der Waals surface area contributed by atoms with Crippen molar-refractivity contribution in [3.63, 3.8) is 0 Å². The number of anilines is 1. The number of carbonyl (C=O) groups is 1. The highest BCUT2D eigenvalue weighted by atomic mass is 32.1. The van der Waals surface area contributed by atoms with Gasteiger partial charge in [-0.1, -0.05) is 6.92 Å². The van der Waals surface area contributed by atoms with Crippen LogP contribution in [0.3, 0.4) is 0 Å². The van der Waals surface area contributed by atoms with Crippen LogP contribution in [-0.4, -0.2) is 51.5 Å². The Morgan fingerprint density at radius 1 is 1.35 bits per heavy atom. The van der Waals surface area contributed by atoms with Gasteiger partial charge in [0, 0.05) is 55.7 Å². The van der Waals surface area contributed by atoms with E-state index in [2.05, 4.69) is 31.5 Å². The Kier molecular flexibility index (Phi) is 5.35. The molecule has 1 aliphatic heterocycles. The lowest BCUT2D eigenvalue weighted by molar-refractivity contribution is 0.195. The number of aromatic nitrogens is 3. The van der Waals surface area contributed by atoms with Gasteiger partial charge in [0.1, 0.15) is 10.8 Å². The maximum atomic E-state index is 12.8. The molecule has 0 spiro atoms. The second-order valence-corrected chi connectivity index (χ2v) is 8.47. The molecule has 1 unspecified atom stereocenters. The lowest BCUT2D eigenvalue weighted by Crippen LogP contribution is -2.44. The van der Waals surface area contributed by atoms with Gasteiger partial charge in [-0.05, 0) is 25.2 Å². The van der Waals surface area contributed by atoms with Crippen molar-refractivity contribution >= 4 is 34.0 Å². The lowest BCUT2D eigenvalue weighted by Gasteiger charge is -2.25. The first-order valence-electron chi connectivity index (χ1n) is 9.27. The first-order chi connectivity index (χ1) is 12.7. The fourth-order valence-electron chi connectivity index (χ4n) is 3.25. The van der Waals surface area contributed by atoms with Crippen molar-refractivity contribution in [1.29, 1.82) is 0 Å². The molecule has 7 nitrogen and oxygen atoms in total. The number of rotatable bonds is 5. The number of carbonyl (C=O) groups excluding carboxylic acids is 1. The molecule has 9 heteroatoms. The van der Waals surface area contributed by atoms with Crippen LogP contribution in [0.2, 0.25) is 0 Å². The first-order valence-corrected chi connectivity index (χ1v) is 10.9. The predicted molar refractivity (Wildman–Crippen MR) is 104 cm³/mol. The van der Waals surface area contributed by atoms with E-state index in [1.54, 1.807) is 11.3 Å². The van der Waals surface area contributed by atoms with Gasteiger partial charge >= 0.3 is 6.03 Å². The fourth-order valence-corrected chi connectivity index (χ4v) is 4.83. The zero-order chi connectivity index (χ0) is 17.9. The molecule has 26 heavy (non-hydrogen) atoms. The minimum atomic E-state index is 0.0328. The zero-order valence-corrected chi connectivity index (χ0v) is 16.6. The predicted octanol–water partition coefficient (Wildman–Crippen LogP) is 2.93. The molecule has 3 heterocycles. The third kappa shape index (κ3) is 3.98. The number of hydrogen-bond donors (Lipinski definition) is 1. The van der Waals surface area contributed by atoms with Crippen molar-refractivity contribution in [3.8, 4) is 0 Å². The Labute approximate surface area is 161 Å². The van der Waals surface area contributed by atoms with E-state index in [1.165, 1.54) is 24.4 Å². The van der Waals surface area contributed by atoms with Gasteiger partial charge in [0.25, 0.3) is 0 Å². The Morgan fingerprint density at radius 2 is 2.23 bits per heavy atom. The summed E-state index contributed by atoms with van der Waals surface area (Å²) in [5.74, 6) is 1.45. The molecule has 2 amide bonds. The third-order valence-corrected chi connectivity index (χ3v) is 6.59. The van der Waals surface area contributed by atoms with Crippen LogP contribution in [0.25, 0.3) is 0 Å². The molecule has 2 fully saturated rings. The molecule has 0 bridgehead atoms. The summed E-state index contributed by atoms with van der Waals surface area (Å²) >= 11 is 3.09. The monoisotopic (exact) mass is 392 g/mol. The van der Waals surface area contributed by atoms with Crippen LogP contribution in [0.4, 0.5) is 9.93 Å². The van der Waals surface area contributed by atoms with Crippen molar-refractivity contribution in [3.05, 3.63) is 22.4 Å². The van der Waals surface area contributed by atoms with Crippen molar-refractivity contribution in [2.24, 2.45) is 5.92 Å². The Hall–Kier alpha value is -1.74. The Morgan fingerprint density at radius 3 is 2.92 bits per heavy atom. The van der Waals surface area contributed by atoms with Gasteiger partial charge in [-0.15, -0.1) is 11.3 Å². The van der Waals surface area contributed by atoms with Gasteiger partial charge in [0.15, 0.2) is 0 Å². The standard InChI is InChI=1S/C17H24N6OS2/c1-2-13-19-17(26-21-13)23-8-3-7-22(9-10-23)16(24)20-14(12-4-5-12)15-18-6-11-25-15/h6,11-12,14H,2-5,7-10H2,1H3,(H,20,24). The molecule has 2 aromatic rings. The van der Waals surface area contributed by atoms with Gasteiger partial charge in [0.2, 0.25) is 5.13 Å². The maximum Gasteiger partial charge on any atom is 0.318 e. The van der Waals surface area contributed by atoms with E-state index in [0.717, 1.165) is 48.4 Å². The zero-order valence-electron chi connectivity index (χ0n) is 14.9. The number of thiazole rings is 1. The molecular weight excluding hydrogens is 368 g/mol. The average Bonchev–Trinajstić information content (AvgIpc) is 3.23. The summed E-state index contributed by atoms with van der Waals surface area (Å²) in [7, 11) is 0. The van der Waals surface area contributed by atoms with Gasteiger partial charge in [0.05, 0.1) is 6.04 Å². The largest absolute Gasteiger partial charge is 0.345 e. The van der Waals surface area contributed by atoms with Crippen LogP contribution in [0.15, 0.2) is 11.6 Å². The van der Waals surface area contributed by atoms with E-state index in [-0.39, 0.29) is 12.1 Å². The van der Waals surface area contributed by atoms with E-state index >= 15 is 0 Å². The normalized spacial score (nSPS) is 19.3. The SMILES string of the molecule is CCc1nsc(N2CCCN(C(=O)NC(c3nccs3)C3CC3)CC2)n1. The topological polar surface area (TPSA) is 74.2 Å². The summed E-state index contributed by atoms with van der Waals surface area (Å²) < 4.78 is 4.38. The molecule has 2 aliphatic rings. The van der Waals surface area contributed by atoms with E-state index in [9.17, 15) is 4.79 Å². The summed E-state index contributed by atoms with van der Waals surface area (Å²) in [6.45, 7) is 5.27. The molecule has 1 saturated heterocycles. The number of aryl methyl sites for hydroxylation is 1. The molecule has 2 aromatic heterocycles. The van der Waals surface area contributed by atoms with E-state index in [4.69, 9.17) is 0 Å². The van der Waals surface area contributed by atoms with Crippen LogP contribution in [-0.2, 0) is 6.42 Å². The van der Waals surface area contributed by atoms with Crippen molar-refractivity contribution < 1.29 is 4.79 Å². The highest BCUT2D eigenvalue weighted by Crippen LogP contribution is 2.41. The van der Waals surface area contributed by atoms with Crippen LogP contribution >= 0.6 is 22.9 Å². The maximum absolute atomic E-state index is 12.8. The average molecular weight is 393 g/mol. The van der Waals surface area contributed by atoms with Crippen molar-refractivity contribution in [2.75, 3.05) is 31.1 Å². The van der Waals surface area contributed by atoms with Gasteiger partial charge < -0.3 is 15.1 Å². The first kappa shape index (κ1) is 17.7. The van der Waals surface area contributed by atoms with E-state index in [1.807, 2.05) is 16.5 Å². The summed E-state index contributed by atoms with van der Waals surface area (Å²) in [6.07, 6.45) is 5.97. The van der Waals surface area contributed by atoms with Gasteiger partial charge in [-0.25, -0.2) is 14.8 Å². The molecule has 140 valence electrons. The van der Waals surface area contributed by atoms with E-state index in [0.29, 0.717) is 12.5 Å². The van der Waals surface area contributed by atoms with Crippen LogP contribution in [0, 0.1) is 5.92 Å². The number of nitrogens with zero attached hydrogens (tertiary/aromatic N) is 5. The molecule has 1 aliphatic carbocycles. The van der Waals surface area contributed by atoms with Crippen LogP contribution < -0.4 is 10.2 Å². The molecular formula is C17H24N6OS2. The van der Waals surface area contributed by atoms with Crippen LogP contribution in [0.5, 0.6) is 0 Å². The number of nitrogens with one attached hydrogen (secondary N) is 1. The Balaban J connectivity index is 1.36. The minimum absolute atomic E-state index is 0.0328. The summed E-state index contributed by atoms with van der Waals surface area (Å²) in [5.41, 5.74) is 0. The molecule has 4 rings (SSSR count). The molecule has 0 aromatic carbocycles. The van der Waals surface area contributed by atoms with Crippen molar-refractivity contribution in [2.45, 2.75) is 38.6 Å².